The Morgan fingerprint density at radius 3 is 1.71 bits per heavy atom. The first kappa shape index (κ1) is 31.6. The maximum absolute atomic E-state index is 3.73. The maximum atomic E-state index is 3.73. The van der Waals surface area contributed by atoms with Crippen LogP contribution in [-0.2, 0) is 0 Å². The lowest BCUT2D eigenvalue weighted by molar-refractivity contribution is 0.840. The summed E-state index contributed by atoms with van der Waals surface area (Å²) in [4.78, 5) is 2.46. The third-order valence-corrected chi connectivity index (χ3v) is 12.7. The highest BCUT2D eigenvalue weighted by Crippen LogP contribution is 2.48. The van der Waals surface area contributed by atoms with Gasteiger partial charge in [0, 0.05) is 71.8 Å². The predicted octanol–water partition coefficient (Wildman–Crippen LogP) is 14.5. The van der Waals surface area contributed by atoms with Crippen molar-refractivity contribution < 1.29 is 0 Å². The predicted molar refractivity (Wildman–Crippen MR) is 245 cm³/mol. The van der Waals surface area contributed by atoms with Crippen molar-refractivity contribution in [2.45, 2.75) is 12.3 Å². The highest BCUT2D eigenvalue weighted by Gasteiger charge is 2.26. The number of fused-ring (bicyclic) bond motifs is 12. The van der Waals surface area contributed by atoms with Gasteiger partial charge in [0.15, 0.2) is 0 Å². The number of allylic oxidation sites excluding steroid dienone is 3. The molecule has 0 bridgehead atoms. The van der Waals surface area contributed by atoms with Crippen LogP contribution in [0.5, 0.6) is 0 Å². The van der Waals surface area contributed by atoms with E-state index in [-0.39, 0.29) is 0 Å². The van der Waals surface area contributed by atoms with Crippen LogP contribution in [-0.4, -0.2) is 8.80 Å². The summed E-state index contributed by atoms with van der Waals surface area (Å²) in [5.74, 6) is 0.366. The largest absolute Gasteiger partial charge is 0.355 e. The molecule has 1 aliphatic rings. The summed E-state index contributed by atoms with van der Waals surface area (Å²) in [6.45, 7) is 0. The minimum atomic E-state index is 0.366. The SMILES string of the molecule is C1=CC(c2ccccc2)CC=C1N(c1ccccc1)c1cccc2c1c1cccc3c4cc5c(cc4n2c31)c1cccc2c3c(Nc4ccccc4)cccc3n5c12. The van der Waals surface area contributed by atoms with Gasteiger partial charge in [-0.3, -0.25) is 0 Å². The molecule has 13 rings (SSSR count). The van der Waals surface area contributed by atoms with Gasteiger partial charge < -0.3 is 19.0 Å². The van der Waals surface area contributed by atoms with Crippen molar-refractivity contribution in [2.75, 3.05) is 10.2 Å². The normalized spacial score (nSPS) is 14.7. The van der Waals surface area contributed by atoms with E-state index in [1.807, 2.05) is 0 Å². The fraction of sp³-hybridized carbons (Fsp3) is 0.0370. The fourth-order valence-electron chi connectivity index (χ4n) is 10.2. The number of anilines is 4. The molecule has 1 unspecified atom stereocenters. The van der Waals surface area contributed by atoms with Gasteiger partial charge in [-0.25, -0.2) is 0 Å². The zero-order valence-electron chi connectivity index (χ0n) is 31.6. The molecule has 0 radical (unpaired) electrons. The lowest BCUT2D eigenvalue weighted by Gasteiger charge is -2.29. The lowest BCUT2D eigenvalue weighted by atomic mass is 9.91. The third kappa shape index (κ3) is 4.34. The zero-order chi connectivity index (χ0) is 37.9. The van der Waals surface area contributed by atoms with E-state index < -0.39 is 0 Å². The van der Waals surface area contributed by atoms with E-state index in [9.17, 15) is 0 Å². The second kappa shape index (κ2) is 12.0. The highest BCUT2D eigenvalue weighted by atomic mass is 15.2. The highest BCUT2D eigenvalue weighted by molar-refractivity contribution is 6.30. The van der Waals surface area contributed by atoms with Gasteiger partial charge in [0.25, 0.3) is 0 Å². The number of rotatable bonds is 6. The van der Waals surface area contributed by atoms with Crippen molar-refractivity contribution in [1.82, 2.24) is 8.80 Å². The molecule has 4 nitrogen and oxygen atoms in total. The summed E-state index contributed by atoms with van der Waals surface area (Å²) in [7, 11) is 0. The summed E-state index contributed by atoms with van der Waals surface area (Å²) in [5.41, 5.74) is 14.6. The van der Waals surface area contributed by atoms with Crippen LogP contribution in [0, 0.1) is 0 Å². The Hall–Kier alpha value is -7.56. The molecule has 0 fully saturated rings. The van der Waals surface area contributed by atoms with Gasteiger partial charge in [-0.15, -0.1) is 0 Å². The van der Waals surface area contributed by atoms with E-state index in [1.165, 1.54) is 93.1 Å². The quantitative estimate of drug-likeness (QED) is 0.184. The molecule has 8 aromatic carbocycles. The number of benzene rings is 8. The minimum absolute atomic E-state index is 0.366. The molecule has 1 aliphatic carbocycles. The topological polar surface area (TPSA) is 24.1 Å². The molecule has 0 saturated carbocycles. The standard InChI is InChI=1S/C54H36N4/c1-4-14-34(15-5-1)35-28-30-38(31-29-35)56(37-18-8-3-9-19-37)47-26-13-27-48-52(47)42-23-11-21-40-44-32-49-43(33-50(44)58(48)54(40)42)39-20-10-22-41-51-45(55-36-16-6-2-7-17-36)24-12-25-46(51)57(49)53(39)41/h1-28,30-33,35,55H,29H2. The van der Waals surface area contributed by atoms with Crippen LogP contribution >= 0.6 is 0 Å². The van der Waals surface area contributed by atoms with Crippen LogP contribution in [0.1, 0.15) is 17.9 Å². The maximum Gasteiger partial charge on any atom is 0.0621 e. The number of nitrogens with one attached hydrogen (secondary N) is 1. The van der Waals surface area contributed by atoms with E-state index in [4.69, 9.17) is 0 Å². The zero-order valence-corrected chi connectivity index (χ0v) is 31.6. The monoisotopic (exact) mass is 740 g/mol. The van der Waals surface area contributed by atoms with E-state index in [0.717, 1.165) is 23.5 Å². The Labute approximate surface area is 334 Å². The molecule has 1 atom stereocenters. The van der Waals surface area contributed by atoms with Crippen LogP contribution in [0.15, 0.2) is 200 Å². The summed E-state index contributed by atoms with van der Waals surface area (Å²) in [6, 6.07) is 64.3. The number of para-hydroxylation sites is 4. The van der Waals surface area contributed by atoms with Gasteiger partial charge in [-0.2, -0.15) is 0 Å². The molecule has 0 saturated heterocycles. The van der Waals surface area contributed by atoms with Crippen molar-refractivity contribution in [3.05, 3.63) is 205 Å². The average molecular weight is 741 g/mol. The van der Waals surface area contributed by atoms with Gasteiger partial charge >= 0.3 is 0 Å². The summed E-state index contributed by atoms with van der Waals surface area (Å²) in [5, 5.41) is 13.9. The third-order valence-electron chi connectivity index (χ3n) is 12.7. The number of hydrogen-bond donors (Lipinski definition) is 1. The second-order valence-electron chi connectivity index (χ2n) is 15.7. The molecular weight excluding hydrogens is 705 g/mol. The Balaban J connectivity index is 1.04. The number of aromatic nitrogens is 2. The van der Waals surface area contributed by atoms with Crippen molar-refractivity contribution in [3.63, 3.8) is 0 Å². The van der Waals surface area contributed by atoms with Crippen molar-refractivity contribution in [2.24, 2.45) is 0 Å². The van der Waals surface area contributed by atoms with Crippen LogP contribution in [0.4, 0.5) is 22.7 Å². The fourth-order valence-corrected chi connectivity index (χ4v) is 10.2. The van der Waals surface area contributed by atoms with E-state index >= 15 is 0 Å². The van der Waals surface area contributed by atoms with Crippen molar-refractivity contribution >= 4 is 98.9 Å². The second-order valence-corrected chi connectivity index (χ2v) is 15.7. The van der Waals surface area contributed by atoms with Gasteiger partial charge in [-0.1, -0.05) is 127 Å². The molecular formula is C54H36N4. The number of hydrogen-bond acceptors (Lipinski definition) is 2. The van der Waals surface area contributed by atoms with E-state index in [1.54, 1.807) is 0 Å². The van der Waals surface area contributed by atoms with Crippen molar-refractivity contribution in [1.29, 1.82) is 0 Å². The molecule has 0 spiro atoms. The van der Waals surface area contributed by atoms with Crippen LogP contribution in [0.2, 0.25) is 0 Å². The van der Waals surface area contributed by atoms with Crippen LogP contribution in [0.25, 0.3) is 76.2 Å². The Morgan fingerprint density at radius 1 is 0.483 bits per heavy atom. The van der Waals surface area contributed by atoms with Crippen LogP contribution < -0.4 is 10.2 Å². The first-order valence-electron chi connectivity index (χ1n) is 20.2. The Bertz CT molecular complexity index is 3610. The van der Waals surface area contributed by atoms with Gasteiger partial charge in [0.05, 0.1) is 38.8 Å². The molecule has 0 amide bonds. The molecule has 12 aromatic rings. The molecule has 4 aromatic heterocycles. The van der Waals surface area contributed by atoms with E-state index in [2.05, 4.69) is 213 Å². The summed E-state index contributed by atoms with van der Waals surface area (Å²) < 4.78 is 5.04. The lowest BCUT2D eigenvalue weighted by Crippen LogP contribution is -2.17. The van der Waals surface area contributed by atoms with E-state index in [0.29, 0.717) is 5.92 Å². The van der Waals surface area contributed by atoms with Gasteiger partial charge in [-0.05, 0) is 78.7 Å². The summed E-state index contributed by atoms with van der Waals surface area (Å²) in [6.07, 6.45) is 8.07. The van der Waals surface area contributed by atoms with Crippen molar-refractivity contribution in [3.8, 4) is 0 Å². The number of nitrogens with zero attached hydrogens (tertiary/aromatic N) is 3. The molecule has 0 aliphatic heterocycles. The molecule has 4 heteroatoms. The van der Waals surface area contributed by atoms with Gasteiger partial charge in [0.2, 0.25) is 0 Å². The first-order chi connectivity index (χ1) is 28.8. The first-order valence-corrected chi connectivity index (χ1v) is 20.2. The minimum Gasteiger partial charge on any atom is -0.355 e. The molecule has 58 heavy (non-hydrogen) atoms. The molecule has 4 heterocycles. The van der Waals surface area contributed by atoms with Gasteiger partial charge in [0.1, 0.15) is 0 Å². The molecule has 1 N–H and O–H groups in total. The Morgan fingerprint density at radius 2 is 1.05 bits per heavy atom. The van der Waals surface area contributed by atoms with Crippen LogP contribution in [0.3, 0.4) is 0 Å². The molecule has 272 valence electrons. The summed E-state index contributed by atoms with van der Waals surface area (Å²) >= 11 is 0. The smallest absolute Gasteiger partial charge is 0.0621 e. The average Bonchev–Trinajstić information content (AvgIpc) is 4.01. The Kier molecular flexibility index (Phi) is 6.53.